The minimum Gasteiger partial charge on any atom is -0.486 e. The topological polar surface area (TPSA) is 59.6 Å². The second-order valence-corrected chi connectivity index (χ2v) is 6.27. The predicted molar refractivity (Wildman–Crippen MR) is 103 cm³/mol. The number of urea groups is 1. The van der Waals surface area contributed by atoms with E-state index >= 15 is 0 Å². The van der Waals surface area contributed by atoms with Crippen LogP contribution in [0.15, 0.2) is 36.4 Å². The van der Waals surface area contributed by atoms with Crippen LogP contribution in [0.3, 0.4) is 0 Å². The van der Waals surface area contributed by atoms with Gasteiger partial charge in [0, 0.05) is 12.2 Å². The van der Waals surface area contributed by atoms with Crippen LogP contribution >= 0.6 is 0 Å². The number of hydrogen-bond acceptors (Lipinski definition) is 3. The van der Waals surface area contributed by atoms with E-state index in [0.29, 0.717) is 19.8 Å². The summed E-state index contributed by atoms with van der Waals surface area (Å²) in [6, 6.07) is 11.9. The van der Waals surface area contributed by atoms with E-state index in [0.717, 1.165) is 53.1 Å². The monoisotopic (exact) mass is 354 g/mol. The number of anilines is 1. The van der Waals surface area contributed by atoms with E-state index in [1.807, 2.05) is 24.3 Å². The molecule has 2 aromatic rings. The molecule has 0 radical (unpaired) electrons. The van der Waals surface area contributed by atoms with Crippen LogP contribution in [0.2, 0.25) is 0 Å². The summed E-state index contributed by atoms with van der Waals surface area (Å²) in [6.07, 6.45) is 2.52. The molecule has 1 heterocycles. The van der Waals surface area contributed by atoms with E-state index in [1.54, 1.807) is 0 Å². The van der Waals surface area contributed by atoms with Crippen molar-refractivity contribution >= 4 is 11.7 Å². The molecule has 5 nitrogen and oxygen atoms in total. The summed E-state index contributed by atoms with van der Waals surface area (Å²) in [4.78, 5) is 12.3. The average molecular weight is 354 g/mol. The van der Waals surface area contributed by atoms with Crippen LogP contribution in [0.25, 0.3) is 0 Å². The third kappa shape index (κ3) is 4.28. The van der Waals surface area contributed by atoms with Crippen LogP contribution in [-0.2, 0) is 19.3 Å². The number of carbonyl (C=O) groups is 1. The summed E-state index contributed by atoms with van der Waals surface area (Å²) >= 11 is 0. The van der Waals surface area contributed by atoms with Crippen LogP contribution in [0, 0.1) is 0 Å². The van der Waals surface area contributed by atoms with Gasteiger partial charge in [-0.2, -0.15) is 0 Å². The van der Waals surface area contributed by atoms with E-state index in [9.17, 15) is 4.79 Å². The van der Waals surface area contributed by atoms with E-state index in [-0.39, 0.29) is 6.03 Å². The first-order valence-corrected chi connectivity index (χ1v) is 9.25. The van der Waals surface area contributed by atoms with Crippen LogP contribution < -0.4 is 20.1 Å². The molecule has 2 aromatic carbocycles. The Morgan fingerprint density at radius 2 is 1.69 bits per heavy atom. The molecule has 5 heteroatoms. The van der Waals surface area contributed by atoms with Crippen molar-refractivity contribution in [1.29, 1.82) is 0 Å². The number of benzene rings is 2. The average Bonchev–Trinajstić information content (AvgIpc) is 2.68. The fraction of sp³-hybridized carbons (Fsp3) is 0.381. The number of aryl methyl sites for hydroxylation is 2. The summed E-state index contributed by atoms with van der Waals surface area (Å²) in [5.74, 6) is 1.57. The molecule has 1 aliphatic rings. The van der Waals surface area contributed by atoms with Crippen molar-refractivity contribution in [2.24, 2.45) is 0 Å². The quantitative estimate of drug-likeness (QED) is 0.826. The van der Waals surface area contributed by atoms with Crippen molar-refractivity contribution in [3.05, 3.63) is 53.1 Å². The first-order valence-electron chi connectivity index (χ1n) is 9.25. The Balaban J connectivity index is 1.55. The fourth-order valence-electron chi connectivity index (χ4n) is 3.12. The number of amides is 2. The summed E-state index contributed by atoms with van der Waals surface area (Å²) in [5.41, 5.74) is 4.37. The van der Waals surface area contributed by atoms with Gasteiger partial charge in [-0.1, -0.05) is 38.1 Å². The number of ether oxygens (including phenoxy) is 2. The van der Waals surface area contributed by atoms with Gasteiger partial charge in [0.15, 0.2) is 11.5 Å². The highest BCUT2D eigenvalue weighted by atomic mass is 16.6. The second-order valence-electron chi connectivity index (χ2n) is 6.27. The lowest BCUT2D eigenvalue weighted by Gasteiger charge is -2.19. The predicted octanol–water partition coefficient (Wildman–Crippen LogP) is 3.95. The molecule has 2 N–H and O–H groups in total. The Bertz CT molecular complexity index is 752. The number of nitrogens with one attached hydrogen (secondary N) is 2. The molecule has 0 atom stereocenters. The van der Waals surface area contributed by atoms with Crippen molar-refractivity contribution in [3.8, 4) is 11.5 Å². The number of para-hydroxylation sites is 1. The van der Waals surface area contributed by atoms with Gasteiger partial charge in [-0.3, -0.25) is 0 Å². The Kier molecular flexibility index (Phi) is 6.00. The SMILES string of the molecule is CCc1cccc(CC)c1NC(=O)NCCc1ccc2c(c1)OCCO2. The Hall–Kier alpha value is -2.69. The Morgan fingerprint density at radius 1 is 1.00 bits per heavy atom. The third-order valence-electron chi connectivity index (χ3n) is 4.54. The van der Waals surface area contributed by atoms with Gasteiger partial charge in [0.1, 0.15) is 13.2 Å². The molecule has 0 bridgehead atoms. The zero-order valence-electron chi connectivity index (χ0n) is 15.4. The van der Waals surface area contributed by atoms with Gasteiger partial charge in [-0.05, 0) is 48.1 Å². The third-order valence-corrected chi connectivity index (χ3v) is 4.54. The molecule has 2 amide bonds. The largest absolute Gasteiger partial charge is 0.486 e. The fourth-order valence-corrected chi connectivity index (χ4v) is 3.12. The molecule has 3 rings (SSSR count). The maximum absolute atomic E-state index is 12.3. The normalized spacial score (nSPS) is 12.5. The smallest absolute Gasteiger partial charge is 0.319 e. The van der Waals surface area contributed by atoms with E-state index in [4.69, 9.17) is 9.47 Å². The van der Waals surface area contributed by atoms with Gasteiger partial charge in [-0.25, -0.2) is 4.79 Å². The molecule has 0 aromatic heterocycles. The van der Waals surface area contributed by atoms with E-state index in [2.05, 4.69) is 36.6 Å². The van der Waals surface area contributed by atoms with Gasteiger partial charge < -0.3 is 20.1 Å². The van der Waals surface area contributed by atoms with Crippen molar-refractivity contribution < 1.29 is 14.3 Å². The minimum absolute atomic E-state index is 0.168. The van der Waals surface area contributed by atoms with Crippen molar-refractivity contribution in [2.45, 2.75) is 33.1 Å². The van der Waals surface area contributed by atoms with Crippen molar-refractivity contribution in [3.63, 3.8) is 0 Å². The first kappa shape index (κ1) is 18.1. The van der Waals surface area contributed by atoms with Crippen LogP contribution in [0.5, 0.6) is 11.5 Å². The molecule has 0 spiro atoms. The van der Waals surface area contributed by atoms with Crippen LogP contribution in [0.4, 0.5) is 10.5 Å². The molecular formula is C21H26N2O3. The zero-order chi connectivity index (χ0) is 18.4. The van der Waals surface area contributed by atoms with E-state index in [1.165, 1.54) is 0 Å². The Morgan fingerprint density at radius 3 is 2.38 bits per heavy atom. The van der Waals surface area contributed by atoms with Crippen LogP contribution in [-0.4, -0.2) is 25.8 Å². The molecule has 138 valence electrons. The first-order chi connectivity index (χ1) is 12.7. The minimum atomic E-state index is -0.168. The van der Waals surface area contributed by atoms with Crippen molar-refractivity contribution in [2.75, 3.05) is 25.1 Å². The number of rotatable bonds is 6. The van der Waals surface area contributed by atoms with Crippen LogP contribution in [0.1, 0.15) is 30.5 Å². The summed E-state index contributed by atoms with van der Waals surface area (Å²) < 4.78 is 11.1. The van der Waals surface area contributed by atoms with Crippen molar-refractivity contribution in [1.82, 2.24) is 5.32 Å². The molecule has 0 saturated heterocycles. The lowest BCUT2D eigenvalue weighted by atomic mass is 10.0. The molecule has 1 aliphatic heterocycles. The molecular weight excluding hydrogens is 328 g/mol. The zero-order valence-corrected chi connectivity index (χ0v) is 15.4. The molecule has 0 saturated carbocycles. The standard InChI is InChI=1S/C21H26N2O3/c1-3-16-6-5-7-17(4-2)20(16)23-21(24)22-11-10-15-8-9-18-19(14-15)26-13-12-25-18/h5-9,14H,3-4,10-13H2,1-2H3,(H2,22,23,24). The summed E-state index contributed by atoms with van der Waals surface area (Å²) in [5, 5.41) is 5.96. The Labute approximate surface area is 154 Å². The summed E-state index contributed by atoms with van der Waals surface area (Å²) in [7, 11) is 0. The lowest BCUT2D eigenvalue weighted by Crippen LogP contribution is -2.31. The van der Waals surface area contributed by atoms with Gasteiger partial charge >= 0.3 is 6.03 Å². The highest BCUT2D eigenvalue weighted by Gasteiger charge is 2.12. The van der Waals surface area contributed by atoms with Gasteiger partial charge in [0.2, 0.25) is 0 Å². The number of fused-ring (bicyclic) bond motifs is 1. The highest BCUT2D eigenvalue weighted by molar-refractivity contribution is 5.91. The number of hydrogen-bond donors (Lipinski definition) is 2. The molecule has 0 unspecified atom stereocenters. The maximum Gasteiger partial charge on any atom is 0.319 e. The maximum atomic E-state index is 12.3. The van der Waals surface area contributed by atoms with Gasteiger partial charge in [0.05, 0.1) is 0 Å². The molecule has 26 heavy (non-hydrogen) atoms. The lowest BCUT2D eigenvalue weighted by molar-refractivity contribution is 0.171. The summed E-state index contributed by atoms with van der Waals surface area (Å²) in [6.45, 7) is 5.92. The molecule has 0 aliphatic carbocycles. The highest BCUT2D eigenvalue weighted by Crippen LogP contribution is 2.30. The van der Waals surface area contributed by atoms with E-state index < -0.39 is 0 Å². The molecule has 0 fully saturated rings. The number of carbonyl (C=O) groups excluding carboxylic acids is 1. The second kappa shape index (κ2) is 8.61. The van der Waals surface area contributed by atoms with Gasteiger partial charge in [-0.15, -0.1) is 0 Å². The van der Waals surface area contributed by atoms with Gasteiger partial charge in [0.25, 0.3) is 0 Å².